The number of ether oxygens (including phenoxy) is 1. The van der Waals surface area contributed by atoms with Gasteiger partial charge in [0.1, 0.15) is 23.3 Å². The molecule has 6 nitrogen and oxygen atoms in total. The summed E-state index contributed by atoms with van der Waals surface area (Å²) in [5.74, 6) is -0.659. The van der Waals surface area contributed by atoms with E-state index in [1.54, 1.807) is 48.5 Å². The van der Waals surface area contributed by atoms with E-state index in [-0.39, 0.29) is 11.3 Å². The van der Waals surface area contributed by atoms with Gasteiger partial charge in [-0.15, -0.1) is 0 Å². The Morgan fingerprint density at radius 1 is 1.03 bits per heavy atom. The monoisotopic (exact) mass is 417 g/mol. The van der Waals surface area contributed by atoms with Crippen LogP contribution in [0.3, 0.4) is 0 Å². The molecule has 0 spiro atoms. The summed E-state index contributed by atoms with van der Waals surface area (Å²) in [4.78, 5) is 27.4. The largest absolute Gasteiger partial charge is 0.507 e. The highest BCUT2D eigenvalue weighted by Crippen LogP contribution is 2.42. The van der Waals surface area contributed by atoms with Gasteiger partial charge in [0.05, 0.1) is 18.4 Å². The summed E-state index contributed by atoms with van der Waals surface area (Å²) in [5, 5.41) is 11.0. The van der Waals surface area contributed by atoms with Gasteiger partial charge < -0.3 is 14.3 Å². The van der Waals surface area contributed by atoms with Gasteiger partial charge in [0.15, 0.2) is 0 Å². The number of aliphatic hydroxyl groups is 1. The van der Waals surface area contributed by atoms with Crippen molar-refractivity contribution in [1.82, 2.24) is 0 Å². The summed E-state index contributed by atoms with van der Waals surface area (Å²) in [6, 6.07) is 16.7. The summed E-state index contributed by atoms with van der Waals surface area (Å²) in [6.45, 7) is 4.44. The fraction of sp³-hybridized carbons (Fsp3) is 0.200. The molecular formula is C25H23NO5. The van der Waals surface area contributed by atoms with E-state index in [0.717, 1.165) is 12.0 Å². The zero-order valence-corrected chi connectivity index (χ0v) is 17.4. The molecule has 6 heteroatoms. The number of rotatable bonds is 6. The normalized spacial score (nSPS) is 17.9. The molecule has 1 aromatic heterocycles. The molecule has 0 bridgehead atoms. The van der Waals surface area contributed by atoms with E-state index >= 15 is 0 Å². The minimum Gasteiger partial charge on any atom is -0.507 e. The smallest absolute Gasteiger partial charge is 0.300 e. The topological polar surface area (TPSA) is 80.0 Å². The maximum atomic E-state index is 13.0. The first-order chi connectivity index (χ1) is 15.0. The second kappa shape index (κ2) is 8.52. The minimum absolute atomic E-state index is 0.00177. The lowest BCUT2D eigenvalue weighted by Crippen LogP contribution is -2.29. The average Bonchev–Trinajstić information content (AvgIpc) is 3.41. The van der Waals surface area contributed by atoms with Gasteiger partial charge in [-0.05, 0) is 55.3 Å². The van der Waals surface area contributed by atoms with Crippen LogP contribution in [0.4, 0.5) is 5.69 Å². The predicted octanol–water partition coefficient (Wildman–Crippen LogP) is 4.87. The first kappa shape index (κ1) is 20.5. The van der Waals surface area contributed by atoms with E-state index in [2.05, 4.69) is 0 Å². The van der Waals surface area contributed by atoms with E-state index in [4.69, 9.17) is 9.15 Å². The third-order valence-electron chi connectivity index (χ3n) is 5.32. The van der Waals surface area contributed by atoms with Gasteiger partial charge in [-0.3, -0.25) is 14.5 Å². The minimum atomic E-state index is -0.876. The van der Waals surface area contributed by atoms with E-state index in [0.29, 0.717) is 29.4 Å². The Morgan fingerprint density at radius 3 is 2.32 bits per heavy atom. The maximum Gasteiger partial charge on any atom is 0.300 e. The van der Waals surface area contributed by atoms with Crippen LogP contribution < -0.4 is 9.64 Å². The fourth-order valence-corrected chi connectivity index (χ4v) is 3.74. The van der Waals surface area contributed by atoms with Gasteiger partial charge >= 0.3 is 0 Å². The Labute approximate surface area is 180 Å². The van der Waals surface area contributed by atoms with Crippen LogP contribution >= 0.6 is 0 Å². The fourth-order valence-electron chi connectivity index (χ4n) is 3.74. The molecule has 1 fully saturated rings. The molecule has 1 atom stereocenters. The highest BCUT2D eigenvalue weighted by Gasteiger charge is 2.48. The molecule has 1 amide bonds. The molecule has 3 aromatic rings. The number of Topliss-reactive ketones (excluding diaryl/α,β-unsaturated/α-hetero) is 1. The number of nitrogens with zero attached hydrogens (tertiary/aromatic N) is 1. The highest BCUT2D eigenvalue weighted by molar-refractivity contribution is 6.51. The van der Waals surface area contributed by atoms with Crippen LogP contribution in [0.2, 0.25) is 0 Å². The van der Waals surface area contributed by atoms with Crippen LogP contribution in [-0.2, 0) is 16.0 Å². The summed E-state index contributed by atoms with van der Waals surface area (Å²) in [7, 11) is 0. The van der Waals surface area contributed by atoms with Crippen LogP contribution in [0, 0.1) is 0 Å². The molecule has 2 aromatic carbocycles. The zero-order valence-electron chi connectivity index (χ0n) is 17.4. The molecule has 4 rings (SSSR count). The molecule has 0 radical (unpaired) electrons. The summed E-state index contributed by atoms with van der Waals surface area (Å²) in [6.07, 6.45) is 2.33. The van der Waals surface area contributed by atoms with Crippen LogP contribution in [0.25, 0.3) is 5.76 Å². The lowest BCUT2D eigenvalue weighted by atomic mass is 9.98. The Bertz CT molecular complexity index is 1110. The SMILES string of the molecule is CCOc1ccc(N2C(=O)C(=O)/C(=C(\O)c3ccc(CC)cc3)C2c2ccco2)cc1. The van der Waals surface area contributed by atoms with Crippen molar-refractivity contribution in [3.63, 3.8) is 0 Å². The van der Waals surface area contributed by atoms with E-state index in [1.807, 2.05) is 26.0 Å². The molecule has 31 heavy (non-hydrogen) atoms. The zero-order chi connectivity index (χ0) is 22.0. The lowest BCUT2D eigenvalue weighted by Gasteiger charge is -2.23. The first-order valence-electron chi connectivity index (χ1n) is 10.2. The van der Waals surface area contributed by atoms with Gasteiger partial charge in [-0.2, -0.15) is 0 Å². The molecule has 1 aliphatic rings. The van der Waals surface area contributed by atoms with Crippen LogP contribution in [0.1, 0.15) is 36.8 Å². The van der Waals surface area contributed by atoms with Crippen LogP contribution in [-0.4, -0.2) is 23.4 Å². The van der Waals surface area contributed by atoms with Crippen molar-refractivity contribution in [2.45, 2.75) is 26.3 Å². The second-order valence-corrected chi connectivity index (χ2v) is 7.16. The number of furan rings is 1. The molecule has 1 unspecified atom stereocenters. The molecule has 0 aliphatic carbocycles. The number of hydrogen-bond donors (Lipinski definition) is 1. The molecular weight excluding hydrogens is 394 g/mol. The number of aryl methyl sites for hydroxylation is 1. The molecule has 1 saturated heterocycles. The van der Waals surface area contributed by atoms with Crippen molar-refractivity contribution >= 4 is 23.1 Å². The Balaban J connectivity index is 1.83. The number of ketones is 1. The number of anilines is 1. The van der Waals surface area contributed by atoms with Gasteiger partial charge in [-0.25, -0.2) is 0 Å². The summed E-state index contributed by atoms with van der Waals surface area (Å²) >= 11 is 0. The molecule has 1 aliphatic heterocycles. The van der Waals surface area contributed by atoms with Crippen molar-refractivity contribution in [1.29, 1.82) is 0 Å². The average molecular weight is 417 g/mol. The van der Waals surface area contributed by atoms with E-state index in [1.165, 1.54) is 11.2 Å². The predicted molar refractivity (Wildman–Crippen MR) is 117 cm³/mol. The van der Waals surface area contributed by atoms with Crippen molar-refractivity contribution in [3.05, 3.63) is 89.4 Å². The second-order valence-electron chi connectivity index (χ2n) is 7.16. The van der Waals surface area contributed by atoms with Crippen molar-refractivity contribution < 1.29 is 23.8 Å². The van der Waals surface area contributed by atoms with Crippen LogP contribution in [0.5, 0.6) is 5.75 Å². The number of benzene rings is 2. The number of carbonyl (C=O) groups is 2. The number of carbonyl (C=O) groups excluding carboxylic acids is 2. The summed E-state index contributed by atoms with van der Waals surface area (Å²) < 4.78 is 11.0. The quantitative estimate of drug-likeness (QED) is 0.352. The van der Waals surface area contributed by atoms with Gasteiger partial charge in [0.2, 0.25) is 0 Å². The van der Waals surface area contributed by atoms with Crippen molar-refractivity contribution in [2.75, 3.05) is 11.5 Å². The Hall–Kier alpha value is -3.80. The van der Waals surface area contributed by atoms with Crippen molar-refractivity contribution in [3.8, 4) is 5.75 Å². The molecule has 158 valence electrons. The maximum absolute atomic E-state index is 13.0. The number of amides is 1. The number of hydrogen-bond acceptors (Lipinski definition) is 5. The summed E-state index contributed by atoms with van der Waals surface area (Å²) in [5.41, 5.74) is 2.08. The van der Waals surface area contributed by atoms with Crippen LogP contribution in [0.15, 0.2) is 76.9 Å². The van der Waals surface area contributed by atoms with E-state index in [9.17, 15) is 14.7 Å². The number of aliphatic hydroxyl groups excluding tert-OH is 1. The molecule has 0 saturated carbocycles. The van der Waals surface area contributed by atoms with Gasteiger partial charge in [0, 0.05) is 11.3 Å². The highest BCUT2D eigenvalue weighted by atomic mass is 16.5. The lowest BCUT2D eigenvalue weighted by molar-refractivity contribution is -0.132. The van der Waals surface area contributed by atoms with Crippen molar-refractivity contribution in [2.24, 2.45) is 0 Å². The first-order valence-corrected chi connectivity index (χ1v) is 10.2. The third kappa shape index (κ3) is 3.72. The Morgan fingerprint density at radius 2 is 1.74 bits per heavy atom. The van der Waals surface area contributed by atoms with Gasteiger partial charge in [-0.1, -0.05) is 31.2 Å². The Kier molecular flexibility index (Phi) is 5.62. The molecule has 2 heterocycles. The standard InChI is InChI=1S/C25H23NO5/c1-3-16-7-9-17(10-8-16)23(27)21-22(20-6-5-15-31-20)26(25(29)24(21)28)18-11-13-19(14-12-18)30-4-2/h5-15,22,27H,3-4H2,1-2H3/b23-21-. The van der Waals surface area contributed by atoms with E-state index < -0.39 is 17.7 Å². The molecule has 1 N–H and O–H groups in total. The van der Waals surface area contributed by atoms with Gasteiger partial charge in [0.25, 0.3) is 11.7 Å². The third-order valence-corrected chi connectivity index (χ3v) is 5.32.